The van der Waals surface area contributed by atoms with Crippen molar-refractivity contribution in [1.82, 2.24) is 0 Å². The van der Waals surface area contributed by atoms with E-state index in [0.717, 1.165) is 20.3 Å². The van der Waals surface area contributed by atoms with E-state index in [1.54, 1.807) is 6.26 Å². The molecule has 1 aromatic carbocycles. The van der Waals surface area contributed by atoms with Crippen molar-refractivity contribution in [2.24, 2.45) is 5.73 Å². The van der Waals surface area contributed by atoms with Gasteiger partial charge in [0.15, 0.2) is 0 Å². The Morgan fingerprint density at radius 2 is 1.94 bits per heavy atom. The molecule has 84 valence electrons. The smallest absolute Gasteiger partial charge is 0.139 e. The number of hydrogen-bond acceptors (Lipinski definition) is 2. The van der Waals surface area contributed by atoms with E-state index < -0.39 is 0 Å². The quantitative estimate of drug-likeness (QED) is 0.888. The highest BCUT2D eigenvalue weighted by molar-refractivity contribution is 9.10. The van der Waals surface area contributed by atoms with Gasteiger partial charge in [-0.1, -0.05) is 28.1 Å². The van der Waals surface area contributed by atoms with E-state index in [4.69, 9.17) is 10.2 Å². The largest absolute Gasteiger partial charge is 0.466 e. The molecule has 2 rings (SSSR count). The van der Waals surface area contributed by atoms with Crippen LogP contribution in [-0.2, 0) is 0 Å². The van der Waals surface area contributed by atoms with Gasteiger partial charge in [-0.2, -0.15) is 0 Å². The predicted octanol–water partition coefficient (Wildman–Crippen LogP) is 4.16. The molecule has 1 atom stereocenters. The van der Waals surface area contributed by atoms with Crippen molar-refractivity contribution in [3.05, 3.63) is 56.4 Å². The van der Waals surface area contributed by atoms with Gasteiger partial charge < -0.3 is 10.2 Å². The lowest BCUT2D eigenvalue weighted by Gasteiger charge is -2.12. The second-order valence-electron chi connectivity index (χ2n) is 3.64. The first kappa shape index (κ1) is 11.9. The van der Waals surface area contributed by atoms with Crippen LogP contribution in [-0.4, -0.2) is 0 Å². The van der Waals surface area contributed by atoms with Gasteiger partial charge in [0.05, 0.1) is 16.8 Å². The molecule has 0 saturated heterocycles. The van der Waals surface area contributed by atoms with Crippen LogP contribution in [0.1, 0.15) is 22.9 Å². The van der Waals surface area contributed by atoms with E-state index in [9.17, 15) is 0 Å². The fraction of sp³-hybridized carbons (Fsp3) is 0.167. The number of nitrogens with two attached hydrogens (primary N) is 1. The molecule has 2 nitrogen and oxygen atoms in total. The number of rotatable bonds is 2. The van der Waals surface area contributed by atoms with E-state index in [1.165, 1.54) is 5.56 Å². The van der Waals surface area contributed by atoms with Crippen molar-refractivity contribution in [3.8, 4) is 0 Å². The fourth-order valence-electron chi connectivity index (χ4n) is 1.55. The van der Waals surface area contributed by atoms with Crippen molar-refractivity contribution >= 4 is 31.9 Å². The van der Waals surface area contributed by atoms with Gasteiger partial charge in [-0.15, -0.1) is 0 Å². The van der Waals surface area contributed by atoms with E-state index in [0.29, 0.717) is 0 Å². The van der Waals surface area contributed by atoms with Gasteiger partial charge in [0, 0.05) is 4.47 Å². The van der Waals surface area contributed by atoms with Crippen LogP contribution < -0.4 is 5.73 Å². The lowest BCUT2D eigenvalue weighted by atomic mass is 10.0. The zero-order chi connectivity index (χ0) is 11.7. The molecule has 2 N–H and O–H groups in total. The van der Waals surface area contributed by atoms with E-state index >= 15 is 0 Å². The Morgan fingerprint density at radius 1 is 1.19 bits per heavy atom. The SMILES string of the molecule is Cc1ccc(C(N)c2occc2Br)c(Br)c1. The molecule has 16 heavy (non-hydrogen) atoms. The van der Waals surface area contributed by atoms with Gasteiger partial charge in [-0.05, 0) is 46.1 Å². The molecular weight excluding hydrogens is 334 g/mol. The number of aryl methyl sites for hydroxylation is 1. The predicted molar refractivity (Wildman–Crippen MR) is 71.3 cm³/mol. The molecule has 1 aromatic heterocycles. The third kappa shape index (κ3) is 2.24. The van der Waals surface area contributed by atoms with Gasteiger partial charge in [0.2, 0.25) is 0 Å². The average molecular weight is 345 g/mol. The topological polar surface area (TPSA) is 39.2 Å². The molecule has 0 aliphatic rings. The normalized spacial score (nSPS) is 12.8. The van der Waals surface area contributed by atoms with Crippen LogP contribution >= 0.6 is 31.9 Å². The lowest BCUT2D eigenvalue weighted by Crippen LogP contribution is -2.12. The minimum atomic E-state index is -0.264. The molecule has 1 heterocycles. The third-order valence-electron chi connectivity index (χ3n) is 2.42. The highest BCUT2D eigenvalue weighted by Crippen LogP contribution is 2.31. The van der Waals surface area contributed by atoms with Crippen LogP contribution in [0, 0.1) is 6.92 Å². The maximum atomic E-state index is 6.16. The summed E-state index contributed by atoms with van der Waals surface area (Å²) in [6, 6.07) is 7.68. The summed E-state index contributed by atoms with van der Waals surface area (Å²) in [6.07, 6.45) is 1.63. The van der Waals surface area contributed by atoms with Crippen LogP contribution in [0.2, 0.25) is 0 Å². The summed E-state index contributed by atoms with van der Waals surface area (Å²) in [6.45, 7) is 2.04. The monoisotopic (exact) mass is 343 g/mol. The maximum absolute atomic E-state index is 6.16. The van der Waals surface area contributed by atoms with Crippen molar-refractivity contribution in [2.45, 2.75) is 13.0 Å². The summed E-state index contributed by atoms with van der Waals surface area (Å²) in [5.74, 6) is 0.740. The molecule has 0 spiro atoms. The van der Waals surface area contributed by atoms with Crippen molar-refractivity contribution < 1.29 is 4.42 Å². The Balaban J connectivity index is 2.41. The van der Waals surface area contributed by atoms with Crippen LogP contribution in [0.5, 0.6) is 0 Å². The zero-order valence-corrected chi connectivity index (χ0v) is 11.9. The molecular formula is C12H11Br2NO. The van der Waals surface area contributed by atoms with Crippen LogP contribution in [0.4, 0.5) is 0 Å². The molecule has 0 bridgehead atoms. The van der Waals surface area contributed by atoms with Crippen molar-refractivity contribution in [3.63, 3.8) is 0 Å². The minimum Gasteiger partial charge on any atom is -0.466 e. The second kappa shape index (κ2) is 4.73. The number of hydrogen-bond donors (Lipinski definition) is 1. The first-order valence-electron chi connectivity index (χ1n) is 4.84. The zero-order valence-electron chi connectivity index (χ0n) is 8.71. The molecule has 1 unspecified atom stereocenters. The second-order valence-corrected chi connectivity index (χ2v) is 5.34. The Hall–Kier alpha value is -0.580. The van der Waals surface area contributed by atoms with E-state index in [1.807, 2.05) is 31.2 Å². The summed E-state index contributed by atoms with van der Waals surface area (Å²) in [4.78, 5) is 0. The first-order chi connectivity index (χ1) is 7.59. The van der Waals surface area contributed by atoms with Gasteiger partial charge in [-0.3, -0.25) is 0 Å². The number of benzene rings is 1. The van der Waals surface area contributed by atoms with Crippen molar-refractivity contribution in [1.29, 1.82) is 0 Å². The summed E-state index contributed by atoms with van der Waals surface area (Å²) in [5.41, 5.74) is 8.37. The minimum absolute atomic E-state index is 0.264. The molecule has 0 radical (unpaired) electrons. The van der Waals surface area contributed by atoms with E-state index in [2.05, 4.69) is 31.9 Å². The summed E-state index contributed by atoms with van der Waals surface area (Å²) in [7, 11) is 0. The number of halogens is 2. The van der Waals surface area contributed by atoms with Crippen LogP contribution in [0.3, 0.4) is 0 Å². The number of furan rings is 1. The van der Waals surface area contributed by atoms with E-state index in [-0.39, 0.29) is 6.04 Å². The van der Waals surface area contributed by atoms with Crippen LogP contribution in [0.15, 0.2) is 43.9 Å². The van der Waals surface area contributed by atoms with Gasteiger partial charge in [0.25, 0.3) is 0 Å². The molecule has 0 amide bonds. The molecule has 4 heteroatoms. The third-order valence-corrected chi connectivity index (χ3v) is 3.76. The van der Waals surface area contributed by atoms with Gasteiger partial charge in [0.1, 0.15) is 5.76 Å². The fourth-order valence-corrected chi connectivity index (χ4v) is 2.74. The molecule has 0 aliphatic heterocycles. The Labute approximate surface area is 111 Å². The standard InChI is InChI=1S/C12H11Br2NO/c1-7-2-3-8(10(14)6-7)11(15)12-9(13)4-5-16-12/h2-6,11H,15H2,1H3. The Kier molecular flexibility index (Phi) is 3.52. The van der Waals surface area contributed by atoms with Gasteiger partial charge in [-0.25, -0.2) is 0 Å². The molecule has 0 saturated carbocycles. The first-order valence-corrected chi connectivity index (χ1v) is 6.42. The average Bonchev–Trinajstić information content (AvgIpc) is 2.63. The summed E-state index contributed by atoms with van der Waals surface area (Å²) < 4.78 is 7.27. The molecule has 0 aliphatic carbocycles. The van der Waals surface area contributed by atoms with Crippen LogP contribution in [0.25, 0.3) is 0 Å². The highest BCUT2D eigenvalue weighted by Gasteiger charge is 2.17. The Bertz CT molecular complexity index is 507. The summed E-state index contributed by atoms with van der Waals surface area (Å²) in [5, 5.41) is 0. The maximum Gasteiger partial charge on any atom is 0.139 e. The van der Waals surface area contributed by atoms with Crippen molar-refractivity contribution in [2.75, 3.05) is 0 Å². The molecule has 0 fully saturated rings. The molecule has 2 aromatic rings. The summed E-state index contributed by atoms with van der Waals surface area (Å²) >= 11 is 6.94. The lowest BCUT2D eigenvalue weighted by molar-refractivity contribution is 0.487. The Morgan fingerprint density at radius 3 is 2.50 bits per heavy atom. The van der Waals surface area contributed by atoms with Gasteiger partial charge >= 0.3 is 0 Å². The highest BCUT2D eigenvalue weighted by atomic mass is 79.9.